The van der Waals surface area contributed by atoms with Gasteiger partial charge in [0.05, 0.1) is 0 Å². The Bertz CT molecular complexity index is 290. The van der Waals surface area contributed by atoms with Gasteiger partial charge in [0.1, 0.15) is 5.54 Å². The summed E-state index contributed by atoms with van der Waals surface area (Å²) in [4.78, 5) is 22.1. The summed E-state index contributed by atoms with van der Waals surface area (Å²) in [6.45, 7) is 4.11. The quantitative estimate of drug-likeness (QED) is 0.457. The van der Waals surface area contributed by atoms with E-state index in [1.807, 2.05) is 0 Å². The van der Waals surface area contributed by atoms with E-state index < -0.39 is 17.5 Å². The van der Waals surface area contributed by atoms with E-state index in [9.17, 15) is 9.59 Å². The largest absolute Gasteiger partial charge is 0.480 e. The van der Waals surface area contributed by atoms with Gasteiger partial charge in [0.25, 0.3) is 0 Å². The Morgan fingerprint density at radius 2 is 2.19 bits per heavy atom. The highest BCUT2D eigenvalue weighted by Crippen LogP contribution is 2.35. The third-order valence-electron chi connectivity index (χ3n) is 2.28. The minimum absolute atomic E-state index is 0.404. The van der Waals surface area contributed by atoms with Crippen molar-refractivity contribution in [1.29, 1.82) is 0 Å². The van der Waals surface area contributed by atoms with Gasteiger partial charge in [-0.2, -0.15) is 11.8 Å². The van der Waals surface area contributed by atoms with Gasteiger partial charge in [0, 0.05) is 18.1 Å². The number of thioether (sulfide) groups is 1. The molecule has 0 bridgehead atoms. The van der Waals surface area contributed by atoms with Crippen molar-refractivity contribution >= 4 is 23.8 Å². The number of urea groups is 1. The summed E-state index contributed by atoms with van der Waals surface area (Å²) in [5.41, 5.74) is -1.00. The van der Waals surface area contributed by atoms with E-state index in [2.05, 4.69) is 17.2 Å². The second kappa shape index (κ2) is 5.79. The Morgan fingerprint density at radius 3 is 2.69 bits per heavy atom. The van der Waals surface area contributed by atoms with Gasteiger partial charge in [-0.15, -0.1) is 6.58 Å². The van der Waals surface area contributed by atoms with Crippen LogP contribution < -0.4 is 10.6 Å². The molecule has 0 saturated heterocycles. The number of hydrogen-bond acceptors (Lipinski definition) is 3. The van der Waals surface area contributed by atoms with Crippen LogP contribution in [0.5, 0.6) is 0 Å². The van der Waals surface area contributed by atoms with E-state index in [-0.39, 0.29) is 0 Å². The molecule has 0 spiro atoms. The van der Waals surface area contributed by atoms with Crippen molar-refractivity contribution in [3.8, 4) is 0 Å². The summed E-state index contributed by atoms with van der Waals surface area (Å²) in [5.74, 6) is 0.686. The third kappa shape index (κ3) is 3.77. The summed E-state index contributed by atoms with van der Waals surface area (Å²) in [7, 11) is 0. The van der Waals surface area contributed by atoms with Crippen LogP contribution in [0.4, 0.5) is 4.79 Å². The second-order valence-corrected chi connectivity index (χ2v) is 4.78. The van der Waals surface area contributed by atoms with Gasteiger partial charge in [-0.3, -0.25) is 0 Å². The fourth-order valence-electron chi connectivity index (χ4n) is 1.18. The molecule has 1 fully saturated rings. The van der Waals surface area contributed by atoms with Gasteiger partial charge in [-0.1, -0.05) is 6.08 Å². The summed E-state index contributed by atoms with van der Waals surface area (Å²) in [6.07, 6.45) is 2.83. The average Bonchev–Trinajstić information content (AvgIpc) is 2.98. The molecular formula is C10H16N2O3S. The number of carbonyl (C=O) groups is 2. The van der Waals surface area contributed by atoms with Gasteiger partial charge in [0.2, 0.25) is 0 Å². The van der Waals surface area contributed by atoms with E-state index in [4.69, 9.17) is 5.11 Å². The minimum Gasteiger partial charge on any atom is -0.480 e. The van der Waals surface area contributed by atoms with Gasteiger partial charge < -0.3 is 15.7 Å². The molecular weight excluding hydrogens is 228 g/mol. The van der Waals surface area contributed by atoms with Crippen LogP contribution in [-0.2, 0) is 4.79 Å². The number of aliphatic carboxylic acids is 1. The molecule has 1 saturated carbocycles. The second-order valence-electron chi connectivity index (χ2n) is 3.63. The monoisotopic (exact) mass is 244 g/mol. The standard InChI is InChI=1S/C10H16N2O3S/c1-2-6-16-7-5-11-9(15)12-10(3-4-10)8(13)14/h2H,1,3-7H2,(H,13,14)(H2,11,12,15). The molecule has 90 valence electrons. The zero-order valence-corrected chi connectivity index (χ0v) is 9.81. The Kier molecular flexibility index (Phi) is 4.67. The van der Waals surface area contributed by atoms with Crippen LogP contribution in [-0.4, -0.2) is 40.7 Å². The number of carboxylic acids is 1. The number of carboxylic acid groups (broad SMARTS) is 1. The van der Waals surface area contributed by atoms with E-state index in [1.54, 1.807) is 17.8 Å². The predicted molar refractivity (Wildman–Crippen MR) is 63.7 cm³/mol. The van der Waals surface area contributed by atoms with Gasteiger partial charge >= 0.3 is 12.0 Å². The van der Waals surface area contributed by atoms with E-state index in [0.717, 1.165) is 11.5 Å². The number of carbonyl (C=O) groups excluding carboxylic acids is 1. The van der Waals surface area contributed by atoms with Crippen molar-refractivity contribution in [2.24, 2.45) is 0 Å². The number of rotatable bonds is 7. The zero-order chi connectivity index (χ0) is 12.0. The van der Waals surface area contributed by atoms with Crippen LogP contribution in [0.2, 0.25) is 0 Å². The smallest absolute Gasteiger partial charge is 0.329 e. The number of nitrogens with one attached hydrogen (secondary N) is 2. The van der Waals surface area contributed by atoms with Crippen LogP contribution in [0, 0.1) is 0 Å². The van der Waals surface area contributed by atoms with Gasteiger partial charge in [-0.05, 0) is 12.8 Å². The molecule has 2 amide bonds. The van der Waals surface area contributed by atoms with Crippen molar-refractivity contribution in [1.82, 2.24) is 10.6 Å². The van der Waals surface area contributed by atoms with Crippen LogP contribution in [0.15, 0.2) is 12.7 Å². The highest BCUT2D eigenvalue weighted by atomic mass is 32.2. The van der Waals surface area contributed by atoms with Crippen molar-refractivity contribution in [2.75, 3.05) is 18.1 Å². The molecule has 6 heteroatoms. The van der Waals surface area contributed by atoms with Crippen LogP contribution >= 0.6 is 11.8 Å². The molecule has 0 radical (unpaired) electrons. The zero-order valence-electron chi connectivity index (χ0n) is 8.99. The lowest BCUT2D eigenvalue weighted by Gasteiger charge is -2.12. The molecule has 0 heterocycles. The fraction of sp³-hybridized carbons (Fsp3) is 0.600. The van der Waals surface area contributed by atoms with E-state index in [1.165, 1.54) is 0 Å². The maximum atomic E-state index is 11.3. The first-order valence-corrected chi connectivity index (χ1v) is 6.24. The van der Waals surface area contributed by atoms with Gasteiger partial charge in [-0.25, -0.2) is 9.59 Å². The number of hydrogen-bond donors (Lipinski definition) is 3. The van der Waals surface area contributed by atoms with Crippen molar-refractivity contribution in [2.45, 2.75) is 18.4 Å². The predicted octanol–water partition coefficient (Wildman–Crippen LogP) is 0.822. The lowest BCUT2D eigenvalue weighted by molar-refractivity contribution is -0.140. The molecule has 0 aromatic heterocycles. The highest BCUT2D eigenvalue weighted by Gasteiger charge is 2.51. The maximum Gasteiger partial charge on any atom is 0.329 e. The van der Waals surface area contributed by atoms with Gasteiger partial charge in [0.15, 0.2) is 0 Å². The third-order valence-corrected chi connectivity index (χ3v) is 3.24. The molecule has 5 nitrogen and oxygen atoms in total. The molecule has 3 N–H and O–H groups in total. The first-order valence-electron chi connectivity index (χ1n) is 5.09. The molecule has 0 aliphatic heterocycles. The molecule has 0 atom stereocenters. The Morgan fingerprint density at radius 1 is 1.50 bits per heavy atom. The summed E-state index contributed by atoms with van der Waals surface area (Å²) < 4.78 is 0. The van der Waals surface area contributed by atoms with Crippen LogP contribution in [0.25, 0.3) is 0 Å². The Hall–Kier alpha value is -1.17. The molecule has 0 aromatic carbocycles. The number of amides is 2. The van der Waals surface area contributed by atoms with E-state index >= 15 is 0 Å². The SMILES string of the molecule is C=CCSCCNC(=O)NC1(C(=O)O)CC1. The van der Waals surface area contributed by atoms with Crippen LogP contribution in [0.1, 0.15) is 12.8 Å². The van der Waals surface area contributed by atoms with E-state index in [0.29, 0.717) is 19.4 Å². The van der Waals surface area contributed by atoms with Crippen LogP contribution in [0.3, 0.4) is 0 Å². The Labute approximate surface area is 98.7 Å². The molecule has 1 aliphatic carbocycles. The summed E-state index contributed by atoms with van der Waals surface area (Å²) in [5, 5.41) is 13.9. The lowest BCUT2D eigenvalue weighted by atomic mass is 10.3. The van der Waals surface area contributed by atoms with Crippen molar-refractivity contribution < 1.29 is 14.7 Å². The molecule has 0 unspecified atom stereocenters. The summed E-state index contributed by atoms with van der Waals surface area (Å²) >= 11 is 1.66. The maximum absolute atomic E-state index is 11.3. The molecule has 16 heavy (non-hydrogen) atoms. The normalized spacial score (nSPS) is 16.2. The molecule has 1 rings (SSSR count). The first kappa shape index (κ1) is 12.9. The minimum atomic E-state index is -1.00. The molecule has 1 aliphatic rings. The highest BCUT2D eigenvalue weighted by molar-refractivity contribution is 7.99. The topological polar surface area (TPSA) is 78.4 Å². The fourth-order valence-corrected chi connectivity index (χ4v) is 1.76. The Balaban J connectivity index is 2.12. The van der Waals surface area contributed by atoms with Crippen molar-refractivity contribution in [3.63, 3.8) is 0 Å². The average molecular weight is 244 g/mol. The van der Waals surface area contributed by atoms with Crippen molar-refractivity contribution in [3.05, 3.63) is 12.7 Å². The molecule has 0 aromatic rings. The summed E-state index contributed by atoms with van der Waals surface area (Å²) in [6, 6.07) is -0.404. The lowest BCUT2D eigenvalue weighted by Crippen LogP contribution is -2.48. The first-order chi connectivity index (χ1) is 7.60.